The molecule has 0 aromatic heterocycles. The highest BCUT2D eigenvalue weighted by molar-refractivity contribution is 4.81. The quantitative estimate of drug-likeness (QED) is 0.802. The summed E-state index contributed by atoms with van der Waals surface area (Å²) < 4.78 is 0. The zero-order chi connectivity index (χ0) is 12.2. The van der Waals surface area contributed by atoms with Gasteiger partial charge < -0.3 is 10.6 Å². The first-order chi connectivity index (χ1) is 7.43. The predicted octanol–water partition coefficient (Wildman–Crippen LogP) is 2.87. The van der Waals surface area contributed by atoms with Crippen molar-refractivity contribution in [2.24, 2.45) is 17.1 Å². The monoisotopic (exact) mass is 226 g/mol. The summed E-state index contributed by atoms with van der Waals surface area (Å²) in [6.45, 7) is 12.6. The van der Waals surface area contributed by atoms with Gasteiger partial charge in [-0.15, -0.1) is 0 Å². The fourth-order valence-corrected chi connectivity index (χ4v) is 2.37. The molecule has 0 saturated carbocycles. The third-order valence-electron chi connectivity index (χ3n) is 4.08. The Balaban J connectivity index is 2.38. The van der Waals surface area contributed by atoms with E-state index < -0.39 is 0 Å². The van der Waals surface area contributed by atoms with E-state index in [0.717, 1.165) is 12.5 Å². The first-order valence-electron chi connectivity index (χ1n) is 6.91. The van der Waals surface area contributed by atoms with Gasteiger partial charge in [0.1, 0.15) is 0 Å². The molecule has 96 valence electrons. The lowest BCUT2D eigenvalue weighted by atomic mass is 9.87. The van der Waals surface area contributed by atoms with Gasteiger partial charge in [0.05, 0.1) is 0 Å². The Hall–Kier alpha value is -0.0800. The van der Waals surface area contributed by atoms with Gasteiger partial charge in [-0.25, -0.2) is 0 Å². The molecule has 0 aromatic carbocycles. The third-order valence-corrected chi connectivity index (χ3v) is 4.08. The van der Waals surface area contributed by atoms with E-state index in [9.17, 15) is 0 Å². The van der Waals surface area contributed by atoms with E-state index in [0.29, 0.717) is 6.04 Å². The zero-order valence-electron chi connectivity index (χ0n) is 11.6. The Morgan fingerprint density at radius 1 is 1.25 bits per heavy atom. The van der Waals surface area contributed by atoms with Crippen molar-refractivity contribution in [2.75, 3.05) is 19.6 Å². The van der Waals surface area contributed by atoms with E-state index in [2.05, 4.69) is 32.6 Å². The lowest BCUT2D eigenvalue weighted by Gasteiger charge is -2.32. The molecule has 0 spiro atoms. The average molecular weight is 226 g/mol. The molecule has 2 unspecified atom stereocenters. The number of rotatable bonds is 3. The van der Waals surface area contributed by atoms with Gasteiger partial charge in [-0.2, -0.15) is 0 Å². The fourth-order valence-electron chi connectivity index (χ4n) is 2.37. The Morgan fingerprint density at radius 3 is 2.50 bits per heavy atom. The lowest BCUT2D eigenvalue weighted by molar-refractivity contribution is 0.202. The highest BCUT2D eigenvalue weighted by Crippen LogP contribution is 2.22. The van der Waals surface area contributed by atoms with Crippen molar-refractivity contribution < 1.29 is 0 Å². The highest BCUT2D eigenvalue weighted by Gasteiger charge is 2.24. The topological polar surface area (TPSA) is 29.3 Å². The van der Waals surface area contributed by atoms with Crippen LogP contribution in [0.2, 0.25) is 0 Å². The van der Waals surface area contributed by atoms with E-state index in [1.165, 1.54) is 38.8 Å². The Kier molecular flexibility index (Phi) is 5.26. The number of hydrogen-bond donors (Lipinski definition) is 1. The molecule has 0 aromatic rings. The average Bonchev–Trinajstić information content (AvgIpc) is 2.41. The molecule has 16 heavy (non-hydrogen) atoms. The van der Waals surface area contributed by atoms with Gasteiger partial charge in [-0.05, 0) is 43.7 Å². The largest absolute Gasteiger partial charge is 0.326 e. The van der Waals surface area contributed by atoms with Gasteiger partial charge in [0.2, 0.25) is 0 Å². The van der Waals surface area contributed by atoms with Crippen LogP contribution in [0, 0.1) is 11.3 Å². The molecule has 2 atom stereocenters. The van der Waals surface area contributed by atoms with E-state index in [1.54, 1.807) is 0 Å². The van der Waals surface area contributed by atoms with E-state index in [4.69, 9.17) is 5.73 Å². The number of likely N-dealkylation sites (tertiary alicyclic amines) is 1. The third kappa shape index (κ3) is 4.42. The van der Waals surface area contributed by atoms with Crippen LogP contribution in [0.3, 0.4) is 0 Å². The van der Waals surface area contributed by atoms with Crippen LogP contribution in [0.4, 0.5) is 0 Å². The first kappa shape index (κ1) is 14.0. The molecule has 0 bridgehead atoms. The first-order valence-corrected chi connectivity index (χ1v) is 6.91. The SMILES string of the molecule is CCC1CCCN(CC(N)C(C)(C)C)CC1. The van der Waals surface area contributed by atoms with E-state index in [-0.39, 0.29) is 5.41 Å². The van der Waals surface area contributed by atoms with Crippen molar-refractivity contribution in [3.63, 3.8) is 0 Å². The van der Waals surface area contributed by atoms with Crippen LogP contribution in [0.5, 0.6) is 0 Å². The minimum Gasteiger partial charge on any atom is -0.326 e. The summed E-state index contributed by atoms with van der Waals surface area (Å²) in [7, 11) is 0. The minimum atomic E-state index is 0.233. The molecule has 1 aliphatic rings. The maximum atomic E-state index is 6.26. The van der Waals surface area contributed by atoms with Crippen LogP contribution in [-0.2, 0) is 0 Å². The molecule has 0 aliphatic carbocycles. The van der Waals surface area contributed by atoms with E-state index >= 15 is 0 Å². The van der Waals surface area contributed by atoms with Gasteiger partial charge in [-0.3, -0.25) is 0 Å². The normalized spacial score (nSPS) is 26.4. The van der Waals surface area contributed by atoms with E-state index in [1.807, 2.05) is 0 Å². The summed E-state index contributed by atoms with van der Waals surface area (Å²) in [4.78, 5) is 2.57. The summed E-state index contributed by atoms with van der Waals surface area (Å²) in [5, 5.41) is 0. The van der Waals surface area contributed by atoms with Crippen LogP contribution < -0.4 is 5.73 Å². The molecule has 1 saturated heterocycles. The van der Waals surface area contributed by atoms with Gasteiger partial charge in [0.25, 0.3) is 0 Å². The minimum absolute atomic E-state index is 0.233. The summed E-state index contributed by atoms with van der Waals surface area (Å²) in [6.07, 6.45) is 5.49. The predicted molar refractivity (Wildman–Crippen MR) is 71.5 cm³/mol. The standard InChI is InChI=1S/C14H30N2/c1-5-12-7-6-9-16(10-8-12)11-13(15)14(2,3)4/h12-13H,5-11,15H2,1-4H3. The van der Waals surface area contributed by atoms with Crippen LogP contribution in [-0.4, -0.2) is 30.6 Å². The van der Waals surface area contributed by atoms with Crippen molar-refractivity contribution in [1.82, 2.24) is 4.90 Å². The summed E-state index contributed by atoms with van der Waals surface area (Å²) >= 11 is 0. The molecule has 2 heteroatoms. The number of hydrogen-bond acceptors (Lipinski definition) is 2. The van der Waals surface area contributed by atoms with Crippen LogP contribution in [0.15, 0.2) is 0 Å². The van der Waals surface area contributed by atoms with Gasteiger partial charge in [0.15, 0.2) is 0 Å². The maximum Gasteiger partial charge on any atom is 0.0217 e. The zero-order valence-corrected chi connectivity index (χ0v) is 11.6. The van der Waals surface area contributed by atoms with Crippen LogP contribution in [0.25, 0.3) is 0 Å². The molecular formula is C14H30N2. The fraction of sp³-hybridized carbons (Fsp3) is 1.00. The smallest absolute Gasteiger partial charge is 0.0217 e. The molecule has 1 heterocycles. The number of nitrogens with two attached hydrogens (primary N) is 1. The molecule has 2 nitrogen and oxygen atoms in total. The maximum absolute atomic E-state index is 6.26. The Labute approximate surface area is 102 Å². The second-order valence-electron chi connectivity index (χ2n) is 6.48. The van der Waals surface area contributed by atoms with Crippen molar-refractivity contribution in [2.45, 2.75) is 59.4 Å². The Bertz CT molecular complexity index is 195. The summed E-state index contributed by atoms with van der Waals surface area (Å²) in [5.41, 5.74) is 6.49. The van der Waals surface area contributed by atoms with Gasteiger partial charge >= 0.3 is 0 Å². The Morgan fingerprint density at radius 2 is 1.94 bits per heavy atom. The van der Waals surface area contributed by atoms with Crippen LogP contribution >= 0.6 is 0 Å². The molecular weight excluding hydrogens is 196 g/mol. The second kappa shape index (κ2) is 6.02. The molecule has 0 amide bonds. The molecule has 0 radical (unpaired) electrons. The van der Waals surface area contributed by atoms with Crippen molar-refractivity contribution >= 4 is 0 Å². The van der Waals surface area contributed by atoms with Gasteiger partial charge in [-0.1, -0.05) is 34.1 Å². The second-order valence-corrected chi connectivity index (χ2v) is 6.48. The van der Waals surface area contributed by atoms with Crippen molar-refractivity contribution in [3.8, 4) is 0 Å². The van der Waals surface area contributed by atoms with Gasteiger partial charge in [0, 0.05) is 12.6 Å². The number of nitrogens with zero attached hydrogens (tertiary/aromatic N) is 1. The molecule has 1 fully saturated rings. The highest BCUT2D eigenvalue weighted by atomic mass is 15.1. The van der Waals surface area contributed by atoms with Crippen LogP contribution in [0.1, 0.15) is 53.4 Å². The molecule has 1 rings (SSSR count). The summed E-state index contributed by atoms with van der Waals surface area (Å²) in [6, 6.07) is 0.297. The molecule has 2 N–H and O–H groups in total. The van der Waals surface area contributed by atoms with Crippen molar-refractivity contribution in [1.29, 1.82) is 0 Å². The summed E-state index contributed by atoms with van der Waals surface area (Å²) in [5.74, 6) is 0.955. The van der Waals surface area contributed by atoms with Crippen molar-refractivity contribution in [3.05, 3.63) is 0 Å². The lowest BCUT2D eigenvalue weighted by Crippen LogP contribution is -2.45. The molecule has 1 aliphatic heterocycles.